The number of aromatic nitrogens is 2. The van der Waals surface area contributed by atoms with Crippen LogP contribution in [0.5, 0.6) is 0 Å². The summed E-state index contributed by atoms with van der Waals surface area (Å²) in [5, 5.41) is 14.1. The Morgan fingerprint density at radius 1 is 1.35 bits per heavy atom. The number of rotatable bonds is 6. The molecular weight excluding hydrogens is 274 g/mol. The van der Waals surface area contributed by atoms with Crippen molar-refractivity contribution in [1.29, 1.82) is 0 Å². The second kappa shape index (κ2) is 6.39. The molecule has 0 saturated heterocycles. The van der Waals surface area contributed by atoms with Gasteiger partial charge in [-0.05, 0) is 31.5 Å². The fourth-order valence-electron chi connectivity index (χ4n) is 2.04. The van der Waals surface area contributed by atoms with Gasteiger partial charge in [0.25, 0.3) is 0 Å². The third-order valence-corrected chi connectivity index (χ3v) is 3.58. The van der Waals surface area contributed by atoms with Crippen LogP contribution in [0, 0.1) is 0 Å². The van der Waals surface area contributed by atoms with Crippen molar-refractivity contribution in [2.45, 2.75) is 32.0 Å². The standard InChI is InChI=1S/C15H20ClN3O/c1-15(2,12-3-5-13(16)6-4-12)18-9-14(20)10-19-8-7-17-11-19/h3-8,11,14,18,20H,9-10H2,1-2H3. The highest BCUT2D eigenvalue weighted by Crippen LogP contribution is 2.21. The van der Waals surface area contributed by atoms with Crippen molar-refractivity contribution in [3.8, 4) is 0 Å². The van der Waals surface area contributed by atoms with E-state index in [0.717, 1.165) is 10.6 Å². The van der Waals surface area contributed by atoms with Gasteiger partial charge in [0, 0.05) is 29.5 Å². The van der Waals surface area contributed by atoms with Crippen LogP contribution in [0.2, 0.25) is 5.02 Å². The Morgan fingerprint density at radius 3 is 2.65 bits per heavy atom. The maximum atomic E-state index is 10.0. The molecule has 1 unspecified atom stereocenters. The van der Waals surface area contributed by atoms with Gasteiger partial charge in [0.05, 0.1) is 19.0 Å². The molecule has 0 spiro atoms. The normalized spacial score (nSPS) is 13.4. The molecule has 2 rings (SSSR count). The molecule has 0 aliphatic heterocycles. The molecule has 2 N–H and O–H groups in total. The number of benzene rings is 1. The van der Waals surface area contributed by atoms with Crippen molar-refractivity contribution in [1.82, 2.24) is 14.9 Å². The fraction of sp³-hybridized carbons (Fsp3) is 0.400. The van der Waals surface area contributed by atoms with E-state index in [1.54, 1.807) is 12.5 Å². The van der Waals surface area contributed by atoms with E-state index in [0.29, 0.717) is 13.1 Å². The maximum Gasteiger partial charge on any atom is 0.0946 e. The van der Waals surface area contributed by atoms with Crippen LogP contribution in [-0.4, -0.2) is 27.3 Å². The third-order valence-electron chi connectivity index (χ3n) is 3.33. The van der Waals surface area contributed by atoms with E-state index in [2.05, 4.69) is 24.1 Å². The molecule has 0 bridgehead atoms. The first-order valence-corrected chi connectivity index (χ1v) is 7.00. The van der Waals surface area contributed by atoms with Crippen molar-refractivity contribution in [3.05, 3.63) is 53.6 Å². The molecule has 2 aromatic rings. The number of hydrogen-bond donors (Lipinski definition) is 2. The molecule has 1 aromatic carbocycles. The topological polar surface area (TPSA) is 50.1 Å². The van der Waals surface area contributed by atoms with Crippen LogP contribution in [0.25, 0.3) is 0 Å². The molecule has 0 fully saturated rings. The summed E-state index contributed by atoms with van der Waals surface area (Å²) >= 11 is 5.90. The molecule has 1 atom stereocenters. The number of aliphatic hydroxyl groups excluding tert-OH is 1. The summed E-state index contributed by atoms with van der Waals surface area (Å²) in [6.07, 6.45) is 4.79. The van der Waals surface area contributed by atoms with Crippen LogP contribution < -0.4 is 5.32 Å². The molecule has 4 nitrogen and oxygen atoms in total. The van der Waals surface area contributed by atoms with Crippen molar-refractivity contribution in [2.24, 2.45) is 0 Å². The summed E-state index contributed by atoms with van der Waals surface area (Å²) in [7, 11) is 0. The van der Waals surface area contributed by atoms with E-state index in [1.165, 1.54) is 0 Å². The largest absolute Gasteiger partial charge is 0.390 e. The Kier molecular flexibility index (Phi) is 4.81. The molecule has 5 heteroatoms. The molecule has 0 aliphatic carbocycles. The first-order valence-electron chi connectivity index (χ1n) is 6.62. The summed E-state index contributed by atoms with van der Waals surface area (Å²) in [6, 6.07) is 7.75. The molecule has 0 saturated carbocycles. The summed E-state index contributed by atoms with van der Waals surface area (Å²) in [6.45, 7) is 5.21. The molecule has 108 valence electrons. The van der Waals surface area contributed by atoms with Crippen molar-refractivity contribution >= 4 is 11.6 Å². The van der Waals surface area contributed by atoms with Crippen LogP contribution in [0.4, 0.5) is 0 Å². The van der Waals surface area contributed by atoms with Crippen LogP contribution in [0.15, 0.2) is 43.0 Å². The SMILES string of the molecule is CC(C)(NCC(O)Cn1ccnc1)c1ccc(Cl)cc1. The van der Waals surface area contributed by atoms with Crippen LogP contribution in [-0.2, 0) is 12.1 Å². The summed E-state index contributed by atoms with van der Waals surface area (Å²) in [5.41, 5.74) is 0.914. The Hall–Kier alpha value is -1.36. The fourth-order valence-corrected chi connectivity index (χ4v) is 2.17. The van der Waals surface area contributed by atoms with Gasteiger partial charge in [-0.25, -0.2) is 4.98 Å². The highest BCUT2D eigenvalue weighted by atomic mass is 35.5. The summed E-state index contributed by atoms with van der Waals surface area (Å²) in [5.74, 6) is 0. The lowest BCUT2D eigenvalue weighted by molar-refractivity contribution is 0.140. The van der Waals surface area contributed by atoms with Gasteiger partial charge >= 0.3 is 0 Å². The van der Waals surface area contributed by atoms with Crippen LogP contribution in [0.3, 0.4) is 0 Å². The van der Waals surface area contributed by atoms with E-state index in [-0.39, 0.29) is 5.54 Å². The van der Waals surface area contributed by atoms with E-state index < -0.39 is 6.10 Å². The van der Waals surface area contributed by atoms with Gasteiger partial charge in [-0.2, -0.15) is 0 Å². The second-order valence-corrected chi connectivity index (χ2v) is 5.86. The molecule has 20 heavy (non-hydrogen) atoms. The average Bonchev–Trinajstić information content (AvgIpc) is 2.90. The smallest absolute Gasteiger partial charge is 0.0946 e. The summed E-state index contributed by atoms with van der Waals surface area (Å²) < 4.78 is 1.86. The van der Waals surface area contributed by atoms with Gasteiger partial charge in [-0.1, -0.05) is 23.7 Å². The molecule has 0 radical (unpaired) electrons. The monoisotopic (exact) mass is 293 g/mol. The average molecular weight is 294 g/mol. The highest BCUT2D eigenvalue weighted by Gasteiger charge is 2.20. The molecule has 0 amide bonds. The minimum absolute atomic E-state index is 0.222. The van der Waals surface area contributed by atoms with Gasteiger partial charge in [0.1, 0.15) is 0 Å². The van der Waals surface area contributed by atoms with Crippen molar-refractivity contribution < 1.29 is 5.11 Å². The highest BCUT2D eigenvalue weighted by molar-refractivity contribution is 6.30. The van der Waals surface area contributed by atoms with Gasteiger partial charge in [0.2, 0.25) is 0 Å². The quantitative estimate of drug-likeness (QED) is 0.860. The Balaban J connectivity index is 1.89. The number of nitrogens with zero attached hydrogens (tertiary/aromatic N) is 2. The third kappa shape index (κ3) is 4.07. The number of halogens is 1. The predicted molar refractivity (Wildman–Crippen MR) is 80.7 cm³/mol. The number of hydrogen-bond acceptors (Lipinski definition) is 3. The van der Waals surface area contributed by atoms with E-state index in [4.69, 9.17) is 11.6 Å². The Labute approximate surface area is 124 Å². The zero-order chi connectivity index (χ0) is 14.6. The van der Waals surface area contributed by atoms with Crippen molar-refractivity contribution in [3.63, 3.8) is 0 Å². The van der Waals surface area contributed by atoms with Crippen LogP contribution >= 0.6 is 11.6 Å². The molecular formula is C15H20ClN3O. The Bertz CT molecular complexity index is 523. The lowest BCUT2D eigenvalue weighted by Gasteiger charge is -2.28. The van der Waals surface area contributed by atoms with Gasteiger partial charge < -0.3 is 15.0 Å². The molecule has 1 aromatic heterocycles. The lowest BCUT2D eigenvalue weighted by atomic mass is 9.94. The van der Waals surface area contributed by atoms with Gasteiger partial charge in [0.15, 0.2) is 0 Å². The second-order valence-electron chi connectivity index (χ2n) is 5.43. The van der Waals surface area contributed by atoms with Gasteiger partial charge in [-0.3, -0.25) is 0 Å². The van der Waals surface area contributed by atoms with E-state index >= 15 is 0 Å². The molecule has 1 heterocycles. The zero-order valence-electron chi connectivity index (χ0n) is 11.8. The zero-order valence-corrected chi connectivity index (χ0v) is 12.5. The number of nitrogens with one attached hydrogen (secondary N) is 1. The minimum Gasteiger partial charge on any atom is -0.390 e. The lowest BCUT2D eigenvalue weighted by Crippen LogP contribution is -2.42. The van der Waals surface area contributed by atoms with Crippen LogP contribution in [0.1, 0.15) is 19.4 Å². The first kappa shape index (κ1) is 15.0. The number of imidazole rings is 1. The summed E-state index contributed by atoms with van der Waals surface area (Å²) in [4.78, 5) is 3.96. The minimum atomic E-state index is -0.462. The predicted octanol–water partition coefficient (Wildman–Crippen LogP) is 2.42. The maximum absolute atomic E-state index is 10.0. The van der Waals surface area contributed by atoms with E-state index in [1.807, 2.05) is 35.0 Å². The van der Waals surface area contributed by atoms with E-state index in [9.17, 15) is 5.11 Å². The first-order chi connectivity index (χ1) is 9.47. The van der Waals surface area contributed by atoms with Gasteiger partial charge in [-0.15, -0.1) is 0 Å². The van der Waals surface area contributed by atoms with Crippen molar-refractivity contribution in [2.75, 3.05) is 6.54 Å². The molecule has 0 aliphatic rings. The Morgan fingerprint density at radius 2 is 2.05 bits per heavy atom. The number of aliphatic hydroxyl groups is 1.